The number of H-pyrrole nitrogens is 1. The molecule has 5 heteroatoms. The molecule has 2 aromatic heterocycles. The van der Waals surface area contributed by atoms with Crippen LogP contribution in [0.4, 0.5) is 0 Å². The summed E-state index contributed by atoms with van der Waals surface area (Å²) in [6, 6.07) is 13.9. The van der Waals surface area contributed by atoms with Crippen LogP contribution in [0.15, 0.2) is 53.5 Å². The average Bonchev–Trinajstić information content (AvgIpc) is 2.61. The van der Waals surface area contributed by atoms with Crippen molar-refractivity contribution >= 4 is 10.9 Å². The Hall–Kier alpha value is -2.50. The van der Waals surface area contributed by atoms with E-state index < -0.39 is 0 Å². The lowest BCUT2D eigenvalue weighted by Gasteiger charge is -2.27. The fourth-order valence-corrected chi connectivity index (χ4v) is 3.03. The van der Waals surface area contributed by atoms with Crippen molar-refractivity contribution in [3.63, 3.8) is 0 Å². The number of nitrogens with one attached hydrogen (secondary N) is 1. The number of nitrogens with zero attached hydrogens (tertiary/aromatic N) is 2. The highest BCUT2D eigenvalue weighted by Crippen LogP contribution is 2.20. The predicted molar refractivity (Wildman–Crippen MR) is 99.6 cm³/mol. The van der Waals surface area contributed by atoms with Crippen LogP contribution in [0, 0.1) is 6.92 Å². The second-order valence-corrected chi connectivity index (χ2v) is 6.36. The number of benzene rings is 1. The summed E-state index contributed by atoms with van der Waals surface area (Å²) in [6.07, 6.45) is 1.77. The van der Waals surface area contributed by atoms with E-state index in [1.807, 2.05) is 50.4 Å². The van der Waals surface area contributed by atoms with Crippen molar-refractivity contribution in [3.05, 3.63) is 75.8 Å². The Kier molecular flexibility index (Phi) is 5.26. The minimum Gasteiger partial charge on any atom is -0.383 e. The first-order valence-electron chi connectivity index (χ1n) is 8.31. The van der Waals surface area contributed by atoms with Crippen LogP contribution in [0.25, 0.3) is 10.9 Å². The summed E-state index contributed by atoms with van der Waals surface area (Å²) < 4.78 is 5.36. The first-order valence-corrected chi connectivity index (χ1v) is 8.31. The molecule has 0 radical (unpaired) electrons. The van der Waals surface area contributed by atoms with Crippen LogP contribution in [0.3, 0.4) is 0 Å². The number of hydrogen-bond donors (Lipinski definition) is 1. The highest BCUT2D eigenvalue weighted by Gasteiger charge is 2.19. The third-order valence-electron chi connectivity index (χ3n) is 4.38. The standard InChI is InChI=1S/C20H23N3O2/c1-14-7-8-15-11-16(20(24)22-18(15)10-14)12-23(2)19(13-25-3)17-6-4-5-9-21-17/h4-11,19H,12-13H2,1-3H3,(H,22,24). The maximum absolute atomic E-state index is 12.5. The molecule has 3 rings (SSSR count). The lowest BCUT2D eigenvalue weighted by Crippen LogP contribution is -2.30. The molecule has 1 unspecified atom stereocenters. The zero-order valence-electron chi connectivity index (χ0n) is 14.8. The van der Waals surface area contributed by atoms with Gasteiger partial charge in [0.2, 0.25) is 0 Å². The molecule has 1 aromatic carbocycles. The van der Waals surface area contributed by atoms with Crippen LogP contribution in [-0.4, -0.2) is 35.6 Å². The van der Waals surface area contributed by atoms with E-state index in [1.54, 1.807) is 13.3 Å². The Morgan fingerprint density at radius 3 is 2.80 bits per heavy atom. The average molecular weight is 337 g/mol. The zero-order valence-corrected chi connectivity index (χ0v) is 14.8. The number of likely N-dealkylation sites (N-methyl/N-ethyl adjacent to an activating group) is 1. The number of pyridine rings is 2. The van der Waals surface area contributed by atoms with Gasteiger partial charge >= 0.3 is 0 Å². The van der Waals surface area contributed by atoms with E-state index >= 15 is 0 Å². The predicted octanol–water partition coefficient (Wildman–Crippen LogP) is 3.05. The summed E-state index contributed by atoms with van der Waals surface area (Å²) >= 11 is 0. The SMILES string of the molecule is COCC(c1ccccn1)N(C)Cc1cc2ccc(C)cc2[nH]c1=O. The number of aromatic amines is 1. The van der Waals surface area contributed by atoms with E-state index in [2.05, 4.69) is 20.9 Å². The van der Waals surface area contributed by atoms with Crippen molar-refractivity contribution < 1.29 is 4.74 Å². The van der Waals surface area contributed by atoms with Gasteiger partial charge in [0, 0.05) is 30.9 Å². The molecule has 0 fully saturated rings. The third-order valence-corrected chi connectivity index (χ3v) is 4.38. The molecular formula is C20H23N3O2. The number of aromatic nitrogens is 2. The highest BCUT2D eigenvalue weighted by atomic mass is 16.5. The van der Waals surface area contributed by atoms with Crippen molar-refractivity contribution in [2.45, 2.75) is 19.5 Å². The highest BCUT2D eigenvalue weighted by molar-refractivity contribution is 5.79. The Balaban J connectivity index is 1.89. The number of ether oxygens (including phenoxy) is 1. The van der Waals surface area contributed by atoms with E-state index in [0.29, 0.717) is 13.2 Å². The van der Waals surface area contributed by atoms with Gasteiger partial charge in [-0.05, 0) is 49.2 Å². The minimum absolute atomic E-state index is 0.0145. The molecule has 1 atom stereocenters. The lowest BCUT2D eigenvalue weighted by molar-refractivity contribution is 0.0998. The summed E-state index contributed by atoms with van der Waals surface area (Å²) in [7, 11) is 3.66. The number of methoxy groups -OCH3 is 1. The molecule has 0 spiro atoms. The number of rotatable bonds is 6. The molecule has 5 nitrogen and oxygen atoms in total. The molecule has 130 valence electrons. The summed E-state index contributed by atoms with van der Waals surface area (Å²) in [5, 5.41) is 1.04. The van der Waals surface area contributed by atoms with E-state index in [0.717, 1.165) is 27.7 Å². The number of aryl methyl sites for hydroxylation is 1. The summed E-state index contributed by atoms with van der Waals surface area (Å²) in [6.45, 7) is 3.05. The van der Waals surface area contributed by atoms with Crippen LogP contribution in [-0.2, 0) is 11.3 Å². The Morgan fingerprint density at radius 2 is 2.08 bits per heavy atom. The number of fused-ring (bicyclic) bond motifs is 1. The van der Waals surface area contributed by atoms with Gasteiger partial charge in [0.15, 0.2) is 0 Å². The second-order valence-electron chi connectivity index (χ2n) is 6.36. The quantitative estimate of drug-likeness (QED) is 0.751. The van der Waals surface area contributed by atoms with Crippen molar-refractivity contribution in [1.82, 2.24) is 14.9 Å². The van der Waals surface area contributed by atoms with E-state index in [4.69, 9.17) is 4.74 Å². The molecule has 0 aliphatic rings. The van der Waals surface area contributed by atoms with Crippen molar-refractivity contribution in [2.24, 2.45) is 0 Å². The molecule has 0 amide bonds. The van der Waals surface area contributed by atoms with E-state index in [9.17, 15) is 4.79 Å². The maximum Gasteiger partial charge on any atom is 0.252 e. The third kappa shape index (κ3) is 3.95. The van der Waals surface area contributed by atoms with Gasteiger partial charge < -0.3 is 9.72 Å². The van der Waals surface area contributed by atoms with Gasteiger partial charge in [0.25, 0.3) is 5.56 Å². The van der Waals surface area contributed by atoms with Gasteiger partial charge in [0.1, 0.15) is 0 Å². The van der Waals surface area contributed by atoms with Gasteiger partial charge in [-0.15, -0.1) is 0 Å². The summed E-state index contributed by atoms with van der Waals surface area (Å²) in [4.78, 5) is 22.0. The molecule has 25 heavy (non-hydrogen) atoms. The Morgan fingerprint density at radius 1 is 1.24 bits per heavy atom. The smallest absolute Gasteiger partial charge is 0.252 e. The molecule has 3 aromatic rings. The minimum atomic E-state index is -0.0536. The largest absolute Gasteiger partial charge is 0.383 e. The summed E-state index contributed by atoms with van der Waals surface area (Å²) in [5.41, 5.74) is 3.61. The normalized spacial score (nSPS) is 12.6. The van der Waals surface area contributed by atoms with Crippen LogP contribution >= 0.6 is 0 Å². The zero-order chi connectivity index (χ0) is 17.8. The van der Waals surface area contributed by atoms with Gasteiger partial charge in [-0.2, -0.15) is 0 Å². The molecule has 0 bridgehead atoms. The van der Waals surface area contributed by atoms with Gasteiger partial charge in [0.05, 0.1) is 18.3 Å². The molecule has 0 saturated carbocycles. The van der Waals surface area contributed by atoms with Crippen molar-refractivity contribution in [1.29, 1.82) is 0 Å². The molecule has 0 aliphatic carbocycles. The maximum atomic E-state index is 12.5. The molecule has 2 heterocycles. The monoisotopic (exact) mass is 337 g/mol. The lowest BCUT2D eigenvalue weighted by atomic mass is 10.1. The van der Waals surface area contributed by atoms with Crippen LogP contribution < -0.4 is 5.56 Å². The topological polar surface area (TPSA) is 58.2 Å². The van der Waals surface area contributed by atoms with Crippen LogP contribution in [0.1, 0.15) is 22.9 Å². The van der Waals surface area contributed by atoms with Gasteiger partial charge in [-0.25, -0.2) is 0 Å². The second kappa shape index (κ2) is 7.59. The fourth-order valence-electron chi connectivity index (χ4n) is 3.03. The number of hydrogen-bond acceptors (Lipinski definition) is 4. The van der Waals surface area contributed by atoms with Gasteiger partial charge in [-0.1, -0.05) is 18.2 Å². The van der Waals surface area contributed by atoms with E-state index in [-0.39, 0.29) is 11.6 Å². The van der Waals surface area contributed by atoms with Crippen LogP contribution in [0.2, 0.25) is 0 Å². The first-order chi connectivity index (χ1) is 12.1. The summed E-state index contributed by atoms with van der Waals surface area (Å²) in [5.74, 6) is 0. The fraction of sp³-hybridized carbons (Fsp3) is 0.300. The Labute approximate surface area is 147 Å². The first kappa shape index (κ1) is 17.3. The Bertz CT molecular complexity index is 906. The molecule has 0 aliphatic heterocycles. The van der Waals surface area contributed by atoms with Crippen LogP contribution in [0.5, 0.6) is 0 Å². The van der Waals surface area contributed by atoms with E-state index in [1.165, 1.54) is 0 Å². The van der Waals surface area contributed by atoms with Crippen molar-refractivity contribution in [2.75, 3.05) is 20.8 Å². The molecule has 1 N–H and O–H groups in total. The van der Waals surface area contributed by atoms with Gasteiger partial charge in [-0.3, -0.25) is 14.7 Å². The molecular weight excluding hydrogens is 314 g/mol. The van der Waals surface area contributed by atoms with Crippen molar-refractivity contribution in [3.8, 4) is 0 Å². The molecule has 0 saturated heterocycles.